The van der Waals surface area contributed by atoms with Gasteiger partial charge in [-0.2, -0.15) is 0 Å². The summed E-state index contributed by atoms with van der Waals surface area (Å²) in [4.78, 5) is 16.0. The zero-order valence-corrected chi connectivity index (χ0v) is 10.6. The van der Waals surface area contributed by atoms with E-state index in [4.69, 9.17) is 4.18 Å². The molecule has 0 aliphatic heterocycles. The van der Waals surface area contributed by atoms with Gasteiger partial charge in [-0.25, -0.2) is 4.98 Å². The number of para-hydroxylation sites is 1. The van der Waals surface area contributed by atoms with Crippen LogP contribution in [0.3, 0.4) is 0 Å². The van der Waals surface area contributed by atoms with Crippen LogP contribution in [0.25, 0.3) is 0 Å². The first kappa shape index (κ1) is 12.4. The summed E-state index contributed by atoms with van der Waals surface area (Å²) in [6, 6.07) is 12.9. The van der Waals surface area contributed by atoms with Crippen molar-refractivity contribution in [2.24, 2.45) is 0 Å². The number of nitrogens with one attached hydrogen (secondary N) is 1. The van der Waals surface area contributed by atoms with Gasteiger partial charge >= 0.3 is 0 Å². The Bertz CT molecular complexity index is 532. The van der Waals surface area contributed by atoms with E-state index in [2.05, 4.69) is 10.3 Å². The smallest absolute Gasteiger partial charge is 0.228 e. The molecular formula is C13H12N2O2S. The minimum atomic E-state index is -0.110. The molecule has 0 unspecified atom stereocenters. The van der Waals surface area contributed by atoms with Crippen molar-refractivity contribution >= 4 is 23.6 Å². The number of aromatic nitrogens is 1. The minimum absolute atomic E-state index is 0.110. The van der Waals surface area contributed by atoms with E-state index in [-0.39, 0.29) is 5.91 Å². The number of anilines is 1. The van der Waals surface area contributed by atoms with Gasteiger partial charge in [0.1, 0.15) is 0 Å². The molecule has 0 saturated carbocycles. The first-order valence-corrected chi connectivity index (χ1v) is 6.12. The molecule has 2 aromatic rings. The first-order chi connectivity index (χ1) is 8.75. The van der Waals surface area contributed by atoms with Gasteiger partial charge in [-0.3, -0.25) is 4.79 Å². The maximum Gasteiger partial charge on any atom is 0.228 e. The molecule has 92 valence electrons. The van der Waals surface area contributed by atoms with E-state index in [1.807, 2.05) is 36.4 Å². The molecule has 0 radical (unpaired) electrons. The topological polar surface area (TPSA) is 51.2 Å². The second kappa shape index (κ2) is 6.07. The summed E-state index contributed by atoms with van der Waals surface area (Å²) >= 11 is 1.16. The summed E-state index contributed by atoms with van der Waals surface area (Å²) in [6.07, 6.45) is 1.66. The molecule has 1 N–H and O–H groups in total. The van der Waals surface area contributed by atoms with Crippen LogP contribution in [-0.4, -0.2) is 10.9 Å². The second-order valence-electron chi connectivity index (χ2n) is 3.51. The SMILES string of the molecule is CC(=O)Nc1ccccc1SOc1ccccn1. The van der Waals surface area contributed by atoms with E-state index in [0.29, 0.717) is 5.88 Å². The van der Waals surface area contributed by atoms with E-state index in [1.54, 1.807) is 12.3 Å². The minimum Gasteiger partial charge on any atom is -0.401 e. The Kier molecular flexibility index (Phi) is 4.20. The highest BCUT2D eigenvalue weighted by atomic mass is 32.2. The monoisotopic (exact) mass is 260 g/mol. The van der Waals surface area contributed by atoms with Crippen LogP contribution in [0, 0.1) is 0 Å². The van der Waals surface area contributed by atoms with Gasteiger partial charge in [-0.15, -0.1) is 0 Å². The Labute approximate surface area is 110 Å². The van der Waals surface area contributed by atoms with Crippen LogP contribution < -0.4 is 9.50 Å². The predicted molar refractivity (Wildman–Crippen MR) is 71.5 cm³/mol. The zero-order chi connectivity index (χ0) is 12.8. The molecule has 0 bridgehead atoms. The lowest BCUT2D eigenvalue weighted by Crippen LogP contribution is -2.06. The average molecular weight is 260 g/mol. The lowest BCUT2D eigenvalue weighted by Gasteiger charge is -2.08. The van der Waals surface area contributed by atoms with Gasteiger partial charge in [0.2, 0.25) is 11.8 Å². The molecule has 2 rings (SSSR count). The molecule has 4 nitrogen and oxygen atoms in total. The van der Waals surface area contributed by atoms with Gasteiger partial charge in [0.25, 0.3) is 0 Å². The molecule has 5 heteroatoms. The quantitative estimate of drug-likeness (QED) is 0.858. The average Bonchev–Trinajstić information content (AvgIpc) is 2.38. The van der Waals surface area contributed by atoms with Crippen molar-refractivity contribution in [2.45, 2.75) is 11.8 Å². The molecule has 1 aromatic heterocycles. The van der Waals surface area contributed by atoms with Gasteiger partial charge in [0, 0.05) is 19.2 Å². The van der Waals surface area contributed by atoms with Crippen molar-refractivity contribution in [3.05, 3.63) is 48.7 Å². The molecule has 0 atom stereocenters. The van der Waals surface area contributed by atoms with Crippen LogP contribution in [-0.2, 0) is 4.79 Å². The fourth-order valence-corrected chi connectivity index (χ4v) is 1.93. The maximum absolute atomic E-state index is 11.1. The zero-order valence-electron chi connectivity index (χ0n) is 9.79. The fourth-order valence-electron chi connectivity index (χ4n) is 1.32. The molecule has 1 aromatic carbocycles. The summed E-state index contributed by atoms with van der Waals surface area (Å²) in [7, 11) is 0. The summed E-state index contributed by atoms with van der Waals surface area (Å²) in [5.41, 5.74) is 0.728. The Hall–Kier alpha value is -2.01. The van der Waals surface area contributed by atoms with Crippen LogP contribution in [0.15, 0.2) is 53.6 Å². The number of carbonyl (C=O) groups is 1. The molecule has 1 amide bonds. The van der Waals surface area contributed by atoms with Crippen LogP contribution >= 0.6 is 12.0 Å². The molecule has 0 saturated heterocycles. The fraction of sp³-hybridized carbons (Fsp3) is 0.0769. The van der Waals surface area contributed by atoms with Crippen molar-refractivity contribution in [3.8, 4) is 5.88 Å². The van der Waals surface area contributed by atoms with E-state index < -0.39 is 0 Å². The largest absolute Gasteiger partial charge is 0.401 e. The normalized spacial score (nSPS) is 9.83. The van der Waals surface area contributed by atoms with Gasteiger partial charge in [-0.1, -0.05) is 18.2 Å². The molecule has 0 aliphatic rings. The van der Waals surface area contributed by atoms with Crippen molar-refractivity contribution in [3.63, 3.8) is 0 Å². The molecule has 0 aliphatic carbocycles. The van der Waals surface area contributed by atoms with Crippen LogP contribution in [0.1, 0.15) is 6.92 Å². The highest BCUT2D eigenvalue weighted by Gasteiger charge is 2.05. The lowest BCUT2D eigenvalue weighted by molar-refractivity contribution is -0.114. The molecule has 0 spiro atoms. The van der Waals surface area contributed by atoms with E-state index >= 15 is 0 Å². The first-order valence-electron chi connectivity index (χ1n) is 5.38. The third kappa shape index (κ3) is 3.49. The summed E-state index contributed by atoms with van der Waals surface area (Å²) in [5, 5.41) is 2.75. The number of carbonyl (C=O) groups excluding carboxylic acids is 1. The van der Waals surface area contributed by atoms with Crippen molar-refractivity contribution < 1.29 is 8.98 Å². The Balaban J connectivity index is 2.07. The van der Waals surface area contributed by atoms with Crippen molar-refractivity contribution in [2.75, 3.05) is 5.32 Å². The van der Waals surface area contributed by atoms with Crippen LogP contribution in [0.5, 0.6) is 5.88 Å². The number of amides is 1. The van der Waals surface area contributed by atoms with Gasteiger partial charge in [0.05, 0.1) is 22.6 Å². The Morgan fingerprint density at radius 1 is 1.22 bits per heavy atom. The summed E-state index contributed by atoms with van der Waals surface area (Å²) in [5.74, 6) is 0.418. The third-order valence-corrected chi connectivity index (χ3v) is 2.84. The molecular weight excluding hydrogens is 248 g/mol. The Morgan fingerprint density at radius 2 is 2.00 bits per heavy atom. The maximum atomic E-state index is 11.1. The molecule has 1 heterocycles. The molecule has 18 heavy (non-hydrogen) atoms. The van der Waals surface area contributed by atoms with Gasteiger partial charge in [-0.05, 0) is 18.2 Å². The second-order valence-corrected chi connectivity index (χ2v) is 4.29. The number of rotatable bonds is 4. The Morgan fingerprint density at radius 3 is 2.72 bits per heavy atom. The standard InChI is InChI=1S/C13H12N2O2S/c1-10(16)15-11-6-2-3-7-12(11)18-17-13-8-4-5-9-14-13/h2-9H,1H3,(H,15,16). The number of nitrogens with zero attached hydrogens (tertiary/aromatic N) is 1. The number of pyridine rings is 1. The molecule has 0 fully saturated rings. The van der Waals surface area contributed by atoms with Crippen LogP contribution in [0.2, 0.25) is 0 Å². The summed E-state index contributed by atoms with van der Waals surface area (Å²) in [6.45, 7) is 1.47. The summed E-state index contributed by atoms with van der Waals surface area (Å²) < 4.78 is 5.47. The highest BCUT2D eigenvalue weighted by Crippen LogP contribution is 2.28. The predicted octanol–water partition coefficient (Wildman–Crippen LogP) is 3.13. The third-order valence-electron chi connectivity index (χ3n) is 2.05. The highest BCUT2D eigenvalue weighted by molar-refractivity contribution is 7.95. The van der Waals surface area contributed by atoms with E-state index in [9.17, 15) is 4.79 Å². The number of hydrogen-bond donors (Lipinski definition) is 1. The number of hydrogen-bond acceptors (Lipinski definition) is 4. The van der Waals surface area contributed by atoms with Gasteiger partial charge in [0.15, 0.2) is 0 Å². The number of benzene rings is 1. The van der Waals surface area contributed by atoms with E-state index in [1.165, 1.54) is 6.92 Å². The van der Waals surface area contributed by atoms with E-state index in [0.717, 1.165) is 22.6 Å². The van der Waals surface area contributed by atoms with Crippen molar-refractivity contribution in [1.29, 1.82) is 0 Å². The lowest BCUT2D eigenvalue weighted by atomic mass is 10.3. The van der Waals surface area contributed by atoms with Crippen LogP contribution in [0.4, 0.5) is 5.69 Å². The van der Waals surface area contributed by atoms with Gasteiger partial charge < -0.3 is 9.50 Å². The van der Waals surface area contributed by atoms with Crippen molar-refractivity contribution in [1.82, 2.24) is 4.98 Å².